The third kappa shape index (κ3) is 3.20. The number of halogens is 1. The van der Waals surface area contributed by atoms with Crippen molar-refractivity contribution in [2.75, 3.05) is 36.0 Å². The smallest absolute Gasteiger partial charge is 0.159 e. The molecule has 1 saturated heterocycles. The minimum Gasteiger partial charge on any atom is -0.368 e. The van der Waals surface area contributed by atoms with E-state index in [-0.39, 0.29) is 5.78 Å². The number of anilines is 2. The van der Waals surface area contributed by atoms with Crippen molar-refractivity contribution in [3.63, 3.8) is 0 Å². The lowest BCUT2D eigenvalue weighted by atomic mass is 10.1. The Morgan fingerprint density at radius 2 is 1.68 bits per heavy atom. The van der Waals surface area contributed by atoms with Gasteiger partial charge >= 0.3 is 0 Å². The summed E-state index contributed by atoms with van der Waals surface area (Å²) in [5, 5.41) is 0.416. The molecular formula is C16H17ClN4O. The Kier molecular flexibility index (Phi) is 4.24. The van der Waals surface area contributed by atoms with Crippen LogP contribution < -0.4 is 9.80 Å². The molecule has 1 fully saturated rings. The van der Waals surface area contributed by atoms with E-state index in [1.165, 1.54) is 6.20 Å². The fourth-order valence-corrected chi connectivity index (χ4v) is 2.73. The number of ketones is 1. The number of hydrogen-bond acceptors (Lipinski definition) is 5. The van der Waals surface area contributed by atoms with Crippen LogP contribution in [0.2, 0.25) is 5.15 Å². The number of aromatic nitrogens is 2. The molecule has 0 spiro atoms. The fraction of sp³-hybridized carbons (Fsp3) is 0.312. The van der Waals surface area contributed by atoms with Crippen LogP contribution in [0.5, 0.6) is 0 Å². The van der Waals surface area contributed by atoms with Gasteiger partial charge in [-0.1, -0.05) is 11.6 Å². The monoisotopic (exact) mass is 316 g/mol. The topological polar surface area (TPSA) is 49.3 Å². The number of Topliss-reactive ketones (excluding diaryl/α,β-unsaturated/α-hetero) is 1. The molecule has 0 radical (unpaired) electrons. The number of piperazine rings is 1. The van der Waals surface area contributed by atoms with Crippen LogP contribution in [0, 0.1) is 0 Å². The van der Waals surface area contributed by atoms with Gasteiger partial charge in [-0.3, -0.25) is 9.78 Å². The van der Waals surface area contributed by atoms with E-state index in [1.807, 2.05) is 24.3 Å². The van der Waals surface area contributed by atoms with Gasteiger partial charge < -0.3 is 9.80 Å². The van der Waals surface area contributed by atoms with E-state index in [2.05, 4.69) is 19.8 Å². The molecule has 0 amide bonds. The van der Waals surface area contributed by atoms with Crippen molar-refractivity contribution < 1.29 is 4.79 Å². The average Bonchev–Trinajstić information content (AvgIpc) is 2.55. The standard InChI is InChI=1S/C16H17ClN4O/c1-12(22)13-2-4-14(5-3-13)20-6-8-21(9-7-20)16-11-18-10-15(17)19-16/h2-5,10-11H,6-9H2,1H3. The maximum atomic E-state index is 11.3. The first-order valence-corrected chi connectivity index (χ1v) is 7.60. The lowest BCUT2D eigenvalue weighted by molar-refractivity contribution is 0.101. The summed E-state index contributed by atoms with van der Waals surface area (Å²) in [6.45, 7) is 5.11. The molecule has 114 valence electrons. The summed E-state index contributed by atoms with van der Waals surface area (Å²) in [6, 6.07) is 7.77. The van der Waals surface area contributed by atoms with E-state index < -0.39 is 0 Å². The molecule has 0 atom stereocenters. The maximum Gasteiger partial charge on any atom is 0.159 e. The van der Waals surface area contributed by atoms with E-state index in [4.69, 9.17) is 11.6 Å². The van der Waals surface area contributed by atoms with E-state index in [0.717, 1.165) is 43.2 Å². The summed E-state index contributed by atoms with van der Waals surface area (Å²) in [4.78, 5) is 24.2. The van der Waals surface area contributed by atoms with Crippen molar-refractivity contribution in [3.05, 3.63) is 47.4 Å². The second kappa shape index (κ2) is 6.32. The molecule has 0 bridgehead atoms. The second-order valence-electron chi connectivity index (χ2n) is 5.28. The average molecular weight is 317 g/mol. The van der Waals surface area contributed by atoms with Crippen LogP contribution in [0.3, 0.4) is 0 Å². The van der Waals surface area contributed by atoms with Gasteiger partial charge in [0.25, 0.3) is 0 Å². The quantitative estimate of drug-likeness (QED) is 0.815. The van der Waals surface area contributed by atoms with E-state index in [9.17, 15) is 4.79 Å². The van der Waals surface area contributed by atoms with E-state index in [1.54, 1.807) is 13.1 Å². The van der Waals surface area contributed by atoms with Gasteiger partial charge in [-0.05, 0) is 31.2 Å². The van der Waals surface area contributed by atoms with Crippen molar-refractivity contribution in [2.24, 2.45) is 0 Å². The molecule has 0 aliphatic carbocycles. The highest BCUT2D eigenvalue weighted by Gasteiger charge is 2.18. The summed E-state index contributed by atoms with van der Waals surface area (Å²) >= 11 is 5.89. The molecule has 6 heteroatoms. The molecule has 1 aliphatic heterocycles. The van der Waals surface area contributed by atoms with Gasteiger partial charge in [-0.2, -0.15) is 0 Å². The van der Waals surface area contributed by atoms with E-state index in [0.29, 0.717) is 5.15 Å². The van der Waals surface area contributed by atoms with Crippen LogP contribution in [0.4, 0.5) is 11.5 Å². The highest BCUT2D eigenvalue weighted by Crippen LogP contribution is 2.20. The number of rotatable bonds is 3. The number of nitrogens with zero attached hydrogens (tertiary/aromatic N) is 4. The van der Waals surface area contributed by atoms with Crippen molar-refractivity contribution in [1.82, 2.24) is 9.97 Å². The van der Waals surface area contributed by atoms with Crippen LogP contribution in [0.25, 0.3) is 0 Å². The molecule has 1 aromatic carbocycles. The number of hydrogen-bond donors (Lipinski definition) is 0. The predicted molar refractivity (Wildman–Crippen MR) is 87.9 cm³/mol. The molecule has 1 aliphatic rings. The zero-order chi connectivity index (χ0) is 15.5. The molecule has 22 heavy (non-hydrogen) atoms. The zero-order valence-corrected chi connectivity index (χ0v) is 13.1. The number of benzene rings is 1. The normalized spacial score (nSPS) is 15.0. The Labute approximate surface area is 134 Å². The molecular weight excluding hydrogens is 300 g/mol. The third-order valence-electron chi connectivity index (χ3n) is 3.84. The summed E-state index contributed by atoms with van der Waals surface area (Å²) in [7, 11) is 0. The van der Waals surface area contributed by atoms with Crippen LogP contribution in [-0.2, 0) is 0 Å². The summed E-state index contributed by atoms with van der Waals surface area (Å²) < 4.78 is 0. The van der Waals surface area contributed by atoms with Crippen LogP contribution in [-0.4, -0.2) is 41.9 Å². The molecule has 2 aromatic rings. The lowest BCUT2D eigenvalue weighted by Gasteiger charge is -2.36. The molecule has 0 N–H and O–H groups in total. The van der Waals surface area contributed by atoms with Crippen molar-refractivity contribution in [3.8, 4) is 0 Å². The second-order valence-corrected chi connectivity index (χ2v) is 5.66. The zero-order valence-electron chi connectivity index (χ0n) is 12.4. The van der Waals surface area contributed by atoms with Gasteiger partial charge in [0.1, 0.15) is 11.0 Å². The molecule has 0 unspecified atom stereocenters. The Morgan fingerprint density at radius 1 is 1.05 bits per heavy atom. The van der Waals surface area contributed by atoms with Crippen molar-refractivity contribution in [2.45, 2.75) is 6.92 Å². The van der Waals surface area contributed by atoms with Crippen molar-refractivity contribution in [1.29, 1.82) is 0 Å². The first-order valence-electron chi connectivity index (χ1n) is 7.22. The molecule has 5 nitrogen and oxygen atoms in total. The van der Waals surface area contributed by atoms with Gasteiger partial charge in [0.15, 0.2) is 5.78 Å². The predicted octanol–water partition coefficient (Wildman–Crippen LogP) is 2.66. The molecule has 0 saturated carbocycles. The lowest BCUT2D eigenvalue weighted by Crippen LogP contribution is -2.46. The fourth-order valence-electron chi connectivity index (χ4n) is 2.59. The van der Waals surface area contributed by atoms with E-state index >= 15 is 0 Å². The Bertz CT molecular complexity index is 666. The molecule has 2 heterocycles. The largest absolute Gasteiger partial charge is 0.368 e. The van der Waals surface area contributed by atoms with Gasteiger partial charge in [0.2, 0.25) is 0 Å². The minimum absolute atomic E-state index is 0.0934. The van der Waals surface area contributed by atoms with Crippen molar-refractivity contribution >= 4 is 28.9 Å². The summed E-state index contributed by atoms with van der Waals surface area (Å²) in [5.41, 5.74) is 1.89. The number of carbonyl (C=O) groups excluding carboxylic acids is 1. The van der Waals surface area contributed by atoms with Crippen LogP contribution in [0.15, 0.2) is 36.7 Å². The first kappa shape index (κ1) is 14.8. The van der Waals surface area contributed by atoms with Gasteiger partial charge in [-0.25, -0.2) is 4.98 Å². The Balaban J connectivity index is 1.65. The first-order chi connectivity index (χ1) is 10.6. The van der Waals surface area contributed by atoms with Gasteiger partial charge in [0.05, 0.1) is 12.4 Å². The highest BCUT2D eigenvalue weighted by atomic mass is 35.5. The molecule has 1 aromatic heterocycles. The van der Waals surface area contributed by atoms with Crippen LogP contribution in [0.1, 0.15) is 17.3 Å². The number of carbonyl (C=O) groups is 1. The summed E-state index contributed by atoms with van der Waals surface area (Å²) in [5.74, 6) is 0.912. The minimum atomic E-state index is 0.0934. The van der Waals surface area contributed by atoms with Gasteiger partial charge in [0, 0.05) is 37.4 Å². The summed E-state index contributed by atoms with van der Waals surface area (Å²) in [6.07, 6.45) is 3.28. The maximum absolute atomic E-state index is 11.3. The SMILES string of the molecule is CC(=O)c1ccc(N2CCN(c3cncc(Cl)n3)CC2)cc1. The van der Waals surface area contributed by atoms with Gasteiger partial charge in [-0.15, -0.1) is 0 Å². The molecule has 3 rings (SSSR count). The Hall–Kier alpha value is -2.14. The van der Waals surface area contributed by atoms with Crippen LogP contribution >= 0.6 is 11.6 Å². The third-order valence-corrected chi connectivity index (χ3v) is 4.02. The Morgan fingerprint density at radius 3 is 2.27 bits per heavy atom. The highest BCUT2D eigenvalue weighted by molar-refractivity contribution is 6.29.